The van der Waals surface area contributed by atoms with Gasteiger partial charge in [0.05, 0.1) is 22.1 Å². The summed E-state index contributed by atoms with van der Waals surface area (Å²) in [4.78, 5) is 5.32. The molecule has 0 radical (unpaired) electrons. The number of nitrogens with zero attached hydrogens (tertiary/aromatic N) is 2. The number of thiophene rings is 1. The molecule has 4 heteroatoms. The molecule has 3 aromatic heterocycles. The van der Waals surface area contributed by atoms with E-state index >= 15 is 0 Å². The maximum atomic E-state index is 2.48. The molecule has 2 nitrogen and oxygen atoms in total. The molecular formula is C54H36N2S2. The summed E-state index contributed by atoms with van der Waals surface area (Å²) in [6, 6.07) is 81.1. The SMILES string of the molecule is c1ccc(S(c2ccccc2)(c2cccc(-n3c4ccccc4c4cc(-n5c6ccccc6c6ccccc65)ccc43)c2)c2cccc3c2sc2ccccc23)cc1. The van der Waals surface area contributed by atoms with Crippen LogP contribution in [0.15, 0.2) is 238 Å². The van der Waals surface area contributed by atoms with E-state index in [9.17, 15) is 0 Å². The van der Waals surface area contributed by atoms with Crippen molar-refractivity contribution in [3.63, 3.8) is 0 Å². The van der Waals surface area contributed by atoms with Crippen LogP contribution in [-0.4, -0.2) is 9.13 Å². The summed E-state index contributed by atoms with van der Waals surface area (Å²) in [6.45, 7) is 0. The summed E-state index contributed by atoms with van der Waals surface area (Å²) in [7, 11) is -1.99. The third kappa shape index (κ3) is 4.80. The van der Waals surface area contributed by atoms with Crippen molar-refractivity contribution in [2.45, 2.75) is 19.6 Å². The van der Waals surface area contributed by atoms with Gasteiger partial charge in [0.15, 0.2) is 0 Å². The lowest BCUT2D eigenvalue weighted by Crippen LogP contribution is -2.06. The molecule has 0 saturated heterocycles. The number of hydrogen-bond acceptors (Lipinski definition) is 1. The van der Waals surface area contributed by atoms with E-state index in [2.05, 4.69) is 228 Å². The lowest BCUT2D eigenvalue weighted by atomic mass is 10.1. The molecule has 3 heterocycles. The van der Waals surface area contributed by atoms with Crippen LogP contribution in [0.4, 0.5) is 0 Å². The van der Waals surface area contributed by atoms with E-state index in [1.54, 1.807) is 0 Å². The zero-order valence-corrected chi connectivity index (χ0v) is 33.1. The van der Waals surface area contributed by atoms with Crippen LogP contribution in [0.2, 0.25) is 0 Å². The molecule has 12 rings (SSSR count). The van der Waals surface area contributed by atoms with E-state index in [0.29, 0.717) is 0 Å². The van der Waals surface area contributed by atoms with E-state index < -0.39 is 10.0 Å². The number of fused-ring (bicyclic) bond motifs is 9. The molecule has 274 valence electrons. The zero-order chi connectivity index (χ0) is 38.2. The van der Waals surface area contributed by atoms with Crippen LogP contribution >= 0.6 is 21.4 Å². The molecule has 58 heavy (non-hydrogen) atoms. The molecule has 0 atom stereocenters. The second-order valence-corrected chi connectivity index (χ2v) is 19.0. The van der Waals surface area contributed by atoms with Gasteiger partial charge in [-0.2, -0.15) is 0 Å². The first-order valence-corrected chi connectivity index (χ1v) is 22.2. The summed E-state index contributed by atoms with van der Waals surface area (Å²) in [5.74, 6) is 0. The van der Waals surface area contributed by atoms with E-state index in [0.717, 1.165) is 11.4 Å². The Morgan fingerprint density at radius 3 is 1.41 bits per heavy atom. The minimum Gasteiger partial charge on any atom is -0.309 e. The number of para-hydroxylation sites is 3. The van der Waals surface area contributed by atoms with Crippen molar-refractivity contribution >= 4 is 85.1 Å². The van der Waals surface area contributed by atoms with Crippen molar-refractivity contribution in [3.05, 3.63) is 218 Å². The first-order valence-electron chi connectivity index (χ1n) is 19.8. The Hall–Kier alpha value is -6.85. The predicted molar refractivity (Wildman–Crippen MR) is 248 cm³/mol. The molecule has 0 aliphatic carbocycles. The fraction of sp³-hybridized carbons (Fsp3) is 0. The van der Waals surface area contributed by atoms with Gasteiger partial charge in [0.1, 0.15) is 0 Å². The van der Waals surface area contributed by atoms with Crippen LogP contribution in [0.1, 0.15) is 0 Å². The highest BCUT2D eigenvalue weighted by molar-refractivity contribution is 8.34. The van der Waals surface area contributed by atoms with E-state index in [1.165, 1.54) is 83.4 Å². The largest absolute Gasteiger partial charge is 0.309 e. The summed E-state index contributed by atoms with van der Waals surface area (Å²) in [5.41, 5.74) is 7.13. The van der Waals surface area contributed by atoms with Gasteiger partial charge in [-0.15, -0.1) is 21.4 Å². The minimum absolute atomic E-state index is 1.15. The number of rotatable bonds is 6. The predicted octanol–water partition coefficient (Wildman–Crippen LogP) is 15.6. The highest BCUT2D eigenvalue weighted by Crippen LogP contribution is 2.75. The minimum atomic E-state index is -1.99. The first-order chi connectivity index (χ1) is 28.8. The van der Waals surface area contributed by atoms with Crippen molar-refractivity contribution in [1.82, 2.24) is 9.13 Å². The van der Waals surface area contributed by atoms with Crippen molar-refractivity contribution in [1.29, 1.82) is 0 Å². The van der Waals surface area contributed by atoms with Gasteiger partial charge in [0.25, 0.3) is 0 Å². The van der Waals surface area contributed by atoms with Crippen LogP contribution in [0, 0.1) is 0 Å². The maximum Gasteiger partial charge on any atom is 0.0542 e. The molecule has 0 unspecified atom stereocenters. The topological polar surface area (TPSA) is 9.86 Å². The molecule has 0 aliphatic heterocycles. The van der Waals surface area contributed by atoms with Gasteiger partial charge < -0.3 is 9.13 Å². The molecule has 0 bridgehead atoms. The molecule has 0 aliphatic rings. The second kappa shape index (κ2) is 13.1. The van der Waals surface area contributed by atoms with Crippen molar-refractivity contribution < 1.29 is 0 Å². The van der Waals surface area contributed by atoms with E-state index in [-0.39, 0.29) is 0 Å². The monoisotopic (exact) mass is 776 g/mol. The molecule has 0 saturated carbocycles. The Morgan fingerprint density at radius 1 is 0.310 bits per heavy atom. The average molecular weight is 777 g/mol. The van der Waals surface area contributed by atoms with Crippen LogP contribution < -0.4 is 0 Å². The summed E-state index contributed by atoms with van der Waals surface area (Å²) >= 11 is 1.92. The van der Waals surface area contributed by atoms with Crippen LogP contribution in [0.25, 0.3) is 75.2 Å². The van der Waals surface area contributed by atoms with Gasteiger partial charge in [-0.25, -0.2) is 0 Å². The molecule has 0 amide bonds. The lowest BCUT2D eigenvalue weighted by Gasteiger charge is -2.42. The Morgan fingerprint density at radius 2 is 0.776 bits per heavy atom. The number of aromatic nitrogens is 2. The van der Waals surface area contributed by atoms with Crippen molar-refractivity contribution in [2.24, 2.45) is 0 Å². The standard InChI is InChI=1S/C54H36N2S2/c1-3-18-39(19-4-1)58(40-20-5-2-6-21-40,53-32-16-27-46-45-26-10-14-31-52(45)57-54(46)53)41-22-15-17-37(35-41)55-50-30-13-9-25-44(50)47-36-38(33-34-51(47)55)56-48-28-11-7-23-42(48)43-24-8-12-29-49(43)56/h1-36H. The molecular weight excluding hydrogens is 741 g/mol. The zero-order valence-electron chi connectivity index (χ0n) is 31.5. The Labute approximate surface area is 341 Å². The molecule has 12 aromatic rings. The van der Waals surface area contributed by atoms with Gasteiger partial charge in [0.2, 0.25) is 0 Å². The van der Waals surface area contributed by atoms with Gasteiger partial charge in [0, 0.05) is 72.7 Å². The molecule has 0 N–H and O–H groups in total. The smallest absolute Gasteiger partial charge is 0.0542 e. The van der Waals surface area contributed by atoms with Gasteiger partial charge >= 0.3 is 0 Å². The molecule has 0 spiro atoms. The summed E-state index contributed by atoms with van der Waals surface area (Å²) in [6.07, 6.45) is 0. The summed E-state index contributed by atoms with van der Waals surface area (Å²) in [5, 5.41) is 7.65. The maximum absolute atomic E-state index is 2.48. The average Bonchev–Trinajstić information content (AvgIpc) is 3.96. The van der Waals surface area contributed by atoms with Crippen molar-refractivity contribution in [3.8, 4) is 11.4 Å². The number of benzene rings is 9. The second-order valence-electron chi connectivity index (χ2n) is 14.9. The van der Waals surface area contributed by atoms with Crippen LogP contribution in [0.5, 0.6) is 0 Å². The highest BCUT2D eigenvalue weighted by atomic mass is 32.3. The fourth-order valence-electron chi connectivity index (χ4n) is 9.39. The fourth-order valence-corrected chi connectivity index (χ4v) is 15.0. The van der Waals surface area contributed by atoms with Crippen LogP contribution in [-0.2, 0) is 0 Å². The Bertz CT molecular complexity index is 3430. The molecule has 9 aromatic carbocycles. The Kier molecular flexibility index (Phi) is 7.52. The highest BCUT2D eigenvalue weighted by Gasteiger charge is 2.35. The number of hydrogen-bond donors (Lipinski definition) is 0. The van der Waals surface area contributed by atoms with Gasteiger partial charge in [-0.1, -0.05) is 127 Å². The quantitative estimate of drug-likeness (QED) is 0.159. The van der Waals surface area contributed by atoms with E-state index in [1.807, 2.05) is 11.3 Å². The van der Waals surface area contributed by atoms with Crippen LogP contribution in [0.3, 0.4) is 0 Å². The van der Waals surface area contributed by atoms with Gasteiger partial charge in [-0.05, 0) is 91.0 Å². The first kappa shape index (κ1) is 33.3. The lowest BCUT2D eigenvalue weighted by molar-refractivity contribution is 1.15. The van der Waals surface area contributed by atoms with Gasteiger partial charge in [-0.3, -0.25) is 0 Å². The van der Waals surface area contributed by atoms with E-state index in [4.69, 9.17) is 0 Å². The Balaban J connectivity index is 1.13. The summed E-state index contributed by atoms with van der Waals surface area (Å²) < 4.78 is 7.57. The normalized spacial score (nSPS) is 12.4. The third-order valence-corrected chi connectivity index (χ3v) is 17.1. The molecule has 0 fully saturated rings. The third-order valence-electron chi connectivity index (χ3n) is 11.8. The van der Waals surface area contributed by atoms with Crippen molar-refractivity contribution in [2.75, 3.05) is 0 Å².